The molecular weight excluding hydrogens is 370 g/mol. The summed E-state index contributed by atoms with van der Waals surface area (Å²) in [6.45, 7) is 7.85. The number of ether oxygens (including phenoxy) is 1. The lowest BCUT2D eigenvalue weighted by Crippen LogP contribution is -2.61. The highest BCUT2D eigenvalue weighted by molar-refractivity contribution is 5.93. The van der Waals surface area contributed by atoms with Crippen LogP contribution in [0.15, 0.2) is 28.9 Å². The molecule has 0 radical (unpaired) electrons. The van der Waals surface area contributed by atoms with Gasteiger partial charge in [0.25, 0.3) is 5.88 Å². The minimum Gasteiger partial charge on any atom is -0.473 e. The summed E-state index contributed by atoms with van der Waals surface area (Å²) in [5, 5.41) is 14.8. The summed E-state index contributed by atoms with van der Waals surface area (Å²) in [6, 6.07) is 6.11. The van der Waals surface area contributed by atoms with Crippen molar-refractivity contribution >= 4 is 17.2 Å². The molecule has 1 unspecified atom stereocenters. The largest absolute Gasteiger partial charge is 0.473 e. The third kappa shape index (κ3) is 3.37. The average molecular weight is 395 g/mol. The Bertz CT molecular complexity index is 1080. The predicted octanol–water partition coefficient (Wildman–Crippen LogP) is 3.02. The van der Waals surface area contributed by atoms with E-state index in [0.717, 1.165) is 36.0 Å². The summed E-state index contributed by atoms with van der Waals surface area (Å²) in [7, 11) is 0. The maximum atomic E-state index is 12.0. The standard InChI is InChI=1S/C21H25N5O3/c1-12-18(20(25-29-12)28-10-16-21(2,3)11-22-16)14-6-7-26-15(8-14)9-17(24-26)23-19(27)13-4-5-13/h6-9,13,16,22H,4-5,10-11H2,1-3H3,(H,23,24,27). The first kappa shape index (κ1) is 18.2. The molecule has 2 N–H and O–H groups in total. The Balaban J connectivity index is 1.38. The van der Waals surface area contributed by atoms with Crippen molar-refractivity contribution in [3.8, 4) is 17.0 Å². The molecule has 8 heteroatoms. The maximum absolute atomic E-state index is 12.0. The van der Waals surface area contributed by atoms with Gasteiger partial charge in [-0.25, -0.2) is 4.52 Å². The molecule has 3 aromatic rings. The van der Waals surface area contributed by atoms with Crippen molar-refractivity contribution in [1.29, 1.82) is 0 Å². The summed E-state index contributed by atoms with van der Waals surface area (Å²) >= 11 is 0. The van der Waals surface area contributed by atoms with Gasteiger partial charge in [-0.15, -0.1) is 0 Å². The van der Waals surface area contributed by atoms with E-state index in [0.29, 0.717) is 30.1 Å². The van der Waals surface area contributed by atoms with E-state index in [2.05, 4.69) is 34.7 Å². The highest BCUT2D eigenvalue weighted by atomic mass is 16.5. The Kier molecular flexibility index (Phi) is 4.13. The lowest BCUT2D eigenvalue weighted by molar-refractivity contribution is -0.117. The van der Waals surface area contributed by atoms with E-state index >= 15 is 0 Å². The highest BCUT2D eigenvalue weighted by Crippen LogP contribution is 2.35. The smallest absolute Gasteiger partial charge is 0.262 e. The zero-order valence-corrected chi connectivity index (χ0v) is 16.9. The summed E-state index contributed by atoms with van der Waals surface area (Å²) in [5.41, 5.74) is 2.87. The molecule has 0 spiro atoms. The van der Waals surface area contributed by atoms with Crippen LogP contribution in [0.5, 0.6) is 5.88 Å². The average Bonchev–Trinajstić information content (AvgIpc) is 3.36. The summed E-state index contributed by atoms with van der Waals surface area (Å²) in [6.07, 6.45) is 3.79. The third-order valence-electron chi connectivity index (χ3n) is 5.92. The van der Waals surface area contributed by atoms with Crippen molar-refractivity contribution in [2.24, 2.45) is 11.3 Å². The number of amides is 1. The van der Waals surface area contributed by atoms with Gasteiger partial charge in [-0.05, 0) is 48.0 Å². The minimum atomic E-state index is 0.0479. The van der Waals surface area contributed by atoms with E-state index in [-0.39, 0.29) is 17.2 Å². The molecule has 3 aromatic heterocycles. The van der Waals surface area contributed by atoms with Crippen molar-refractivity contribution in [2.75, 3.05) is 18.5 Å². The molecular formula is C21H25N5O3. The number of aromatic nitrogens is 3. The van der Waals surface area contributed by atoms with Gasteiger partial charge in [-0.3, -0.25) is 4.79 Å². The number of nitrogens with one attached hydrogen (secondary N) is 2. The number of hydrogen-bond donors (Lipinski definition) is 2. The zero-order valence-electron chi connectivity index (χ0n) is 16.9. The van der Waals surface area contributed by atoms with Gasteiger partial charge in [-0.2, -0.15) is 5.10 Å². The lowest BCUT2D eigenvalue weighted by Gasteiger charge is -2.45. The third-order valence-corrected chi connectivity index (χ3v) is 5.92. The highest BCUT2D eigenvalue weighted by Gasteiger charge is 2.38. The van der Waals surface area contributed by atoms with Gasteiger partial charge in [0.05, 0.1) is 11.1 Å². The number of carbonyl (C=O) groups excluding carboxylic acids is 1. The van der Waals surface area contributed by atoms with E-state index < -0.39 is 0 Å². The number of hydrogen-bond acceptors (Lipinski definition) is 6. The van der Waals surface area contributed by atoms with Crippen LogP contribution < -0.4 is 15.4 Å². The Hall–Kier alpha value is -2.87. The number of pyridine rings is 1. The minimum absolute atomic E-state index is 0.0479. The molecule has 152 valence electrons. The van der Waals surface area contributed by atoms with Gasteiger partial charge in [0.15, 0.2) is 5.82 Å². The Labute approximate surface area is 168 Å². The van der Waals surface area contributed by atoms with E-state index in [1.807, 2.05) is 31.3 Å². The summed E-state index contributed by atoms with van der Waals surface area (Å²) < 4.78 is 13.2. The monoisotopic (exact) mass is 395 g/mol. The summed E-state index contributed by atoms with van der Waals surface area (Å²) in [5.74, 6) is 1.96. The van der Waals surface area contributed by atoms with E-state index in [1.54, 1.807) is 4.52 Å². The van der Waals surface area contributed by atoms with Crippen molar-refractivity contribution in [1.82, 2.24) is 20.1 Å². The van der Waals surface area contributed by atoms with Crippen LogP contribution in [-0.4, -0.2) is 39.9 Å². The molecule has 1 amide bonds. The topological polar surface area (TPSA) is 93.7 Å². The predicted molar refractivity (Wildman–Crippen MR) is 108 cm³/mol. The second kappa shape index (κ2) is 6.59. The molecule has 5 rings (SSSR count). The molecule has 0 bridgehead atoms. The molecule has 2 fully saturated rings. The van der Waals surface area contributed by atoms with E-state index in [9.17, 15) is 4.79 Å². The molecule has 1 aliphatic heterocycles. The molecule has 0 aromatic carbocycles. The molecule has 1 saturated carbocycles. The van der Waals surface area contributed by atoms with Crippen LogP contribution in [-0.2, 0) is 4.79 Å². The van der Waals surface area contributed by atoms with Crippen LogP contribution in [0.4, 0.5) is 5.82 Å². The zero-order chi connectivity index (χ0) is 20.2. The van der Waals surface area contributed by atoms with Crippen molar-refractivity contribution in [3.05, 3.63) is 30.2 Å². The van der Waals surface area contributed by atoms with Gasteiger partial charge in [0, 0.05) is 30.8 Å². The van der Waals surface area contributed by atoms with Gasteiger partial charge in [0.2, 0.25) is 5.91 Å². The molecule has 1 saturated heterocycles. The second-order valence-corrected chi connectivity index (χ2v) is 8.73. The Morgan fingerprint density at radius 2 is 2.24 bits per heavy atom. The van der Waals surface area contributed by atoms with Crippen molar-refractivity contribution in [2.45, 2.75) is 39.7 Å². The molecule has 1 aliphatic carbocycles. The van der Waals surface area contributed by atoms with Crippen LogP contribution in [0.25, 0.3) is 16.6 Å². The first-order valence-electron chi connectivity index (χ1n) is 10.0. The molecule has 2 aliphatic rings. The normalized spacial score (nSPS) is 20.4. The van der Waals surface area contributed by atoms with Gasteiger partial charge < -0.3 is 19.9 Å². The molecule has 8 nitrogen and oxygen atoms in total. The maximum Gasteiger partial charge on any atom is 0.262 e. The Morgan fingerprint density at radius 1 is 1.41 bits per heavy atom. The van der Waals surface area contributed by atoms with Gasteiger partial charge >= 0.3 is 0 Å². The quantitative estimate of drug-likeness (QED) is 0.666. The number of aryl methyl sites for hydroxylation is 1. The first-order chi connectivity index (χ1) is 13.9. The van der Waals surface area contributed by atoms with Crippen LogP contribution in [0, 0.1) is 18.3 Å². The number of rotatable bonds is 6. The fraction of sp³-hybridized carbons (Fsp3) is 0.476. The fourth-order valence-corrected chi connectivity index (χ4v) is 3.66. The second-order valence-electron chi connectivity index (χ2n) is 8.73. The van der Waals surface area contributed by atoms with Crippen LogP contribution in [0.2, 0.25) is 0 Å². The van der Waals surface area contributed by atoms with E-state index in [4.69, 9.17) is 9.26 Å². The molecule has 4 heterocycles. The van der Waals surface area contributed by atoms with Crippen LogP contribution in [0.3, 0.4) is 0 Å². The number of anilines is 1. The van der Waals surface area contributed by atoms with Crippen molar-refractivity contribution < 1.29 is 14.1 Å². The number of fused-ring (bicyclic) bond motifs is 1. The lowest BCUT2D eigenvalue weighted by atomic mass is 9.78. The first-order valence-corrected chi connectivity index (χ1v) is 10.0. The van der Waals surface area contributed by atoms with E-state index in [1.165, 1.54) is 0 Å². The van der Waals surface area contributed by atoms with Crippen molar-refractivity contribution in [3.63, 3.8) is 0 Å². The summed E-state index contributed by atoms with van der Waals surface area (Å²) in [4.78, 5) is 12.0. The SMILES string of the molecule is Cc1onc(OCC2NCC2(C)C)c1-c1ccn2nc(NC(=O)C3CC3)cc2c1. The van der Waals surface area contributed by atoms with Gasteiger partial charge in [0.1, 0.15) is 12.4 Å². The molecule has 1 atom stereocenters. The Morgan fingerprint density at radius 3 is 2.93 bits per heavy atom. The van der Waals surface area contributed by atoms with Gasteiger partial charge in [-0.1, -0.05) is 13.8 Å². The fourth-order valence-electron chi connectivity index (χ4n) is 3.66. The number of carbonyl (C=O) groups is 1. The number of nitrogens with zero attached hydrogens (tertiary/aromatic N) is 3. The van der Waals surface area contributed by atoms with Crippen LogP contribution >= 0.6 is 0 Å². The molecule has 29 heavy (non-hydrogen) atoms. The van der Waals surface area contributed by atoms with Crippen LogP contribution in [0.1, 0.15) is 32.4 Å².